The molecular weight excluding hydrogens is 196 g/mol. The normalized spacial score (nSPS) is 34.1. The van der Waals surface area contributed by atoms with Crippen LogP contribution in [0.1, 0.15) is 41.0 Å². The van der Waals surface area contributed by atoms with Crippen molar-refractivity contribution in [2.24, 2.45) is 23.7 Å². The Hall–Kier alpha value is -0.560. The van der Waals surface area contributed by atoms with Crippen molar-refractivity contribution in [1.82, 2.24) is 0 Å². The van der Waals surface area contributed by atoms with E-state index in [-0.39, 0.29) is 0 Å². The first-order valence-electron chi connectivity index (χ1n) is 6.43. The third-order valence-electron chi connectivity index (χ3n) is 4.32. The number of aliphatic hydroxyl groups is 1. The van der Waals surface area contributed by atoms with E-state index in [1.807, 2.05) is 13.8 Å². The Morgan fingerprint density at radius 3 is 2.38 bits per heavy atom. The molecule has 1 heteroatoms. The fourth-order valence-electron chi connectivity index (χ4n) is 3.30. The number of rotatable bonds is 2. The van der Waals surface area contributed by atoms with Crippen molar-refractivity contribution >= 4 is 0 Å². The lowest BCUT2D eigenvalue weighted by Crippen LogP contribution is -2.39. The maximum Gasteiger partial charge on any atom is 0.0806 e. The molecule has 0 fully saturated rings. The maximum absolute atomic E-state index is 10.3. The smallest absolute Gasteiger partial charge is 0.0806 e. The maximum atomic E-state index is 10.3. The van der Waals surface area contributed by atoms with E-state index in [0.717, 1.165) is 0 Å². The third kappa shape index (κ3) is 1.86. The molecule has 0 saturated heterocycles. The molecule has 16 heavy (non-hydrogen) atoms. The molecule has 1 N–H and O–H groups in total. The van der Waals surface area contributed by atoms with Crippen molar-refractivity contribution in [2.45, 2.75) is 46.6 Å². The number of allylic oxidation sites excluding steroid dienone is 3. The van der Waals surface area contributed by atoms with E-state index in [9.17, 15) is 5.11 Å². The van der Waals surface area contributed by atoms with Gasteiger partial charge in [-0.05, 0) is 50.5 Å². The zero-order chi connectivity index (χ0) is 12.1. The molecule has 0 aromatic carbocycles. The van der Waals surface area contributed by atoms with Crippen molar-refractivity contribution in [3.05, 3.63) is 23.3 Å². The van der Waals surface area contributed by atoms with Gasteiger partial charge in [0.15, 0.2) is 0 Å². The summed E-state index contributed by atoms with van der Waals surface area (Å²) in [4.78, 5) is 0. The molecular formula is C15H24O. The summed E-state index contributed by atoms with van der Waals surface area (Å²) in [5.41, 5.74) is 2.08. The molecule has 3 rings (SSSR count). The van der Waals surface area contributed by atoms with E-state index in [0.29, 0.717) is 23.7 Å². The van der Waals surface area contributed by atoms with Gasteiger partial charge < -0.3 is 5.11 Å². The molecule has 0 radical (unpaired) electrons. The Balaban J connectivity index is 2.36. The molecule has 0 saturated carbocycles. The zero-order valence-electron chi connectivity index (χ0n) is 11.1. The summed E-state index contributed by atoms with van der Waals surface area (Å²) in [6, 6.07) is 0. The van der Waals surface area contributed by atoms with Gasteiger partial charge in [0.2, 0.25) is 0 Å². The van der Waals surface area contributed by atoms with E-state index < -0.39 is 5.60 Å². The highest BCUT2D eigenvalue weighted by Gasteiger charge is 2.41. The second-order valence-electron chi connectivity index (χ2n) is 6.37. The number of hydrogen-bond acceptors (Lipinski definition) is 1. The molecule has 1 nitrogen and oxygen atoms in total. The molecule has 3 aliphatic carbocycles. The van der Waals surface area contributed by atoms with Gasteiger partial charge in [0.05, 0.1) is 5.60 Å². The lowest BCUT2D eigenvalue weighted by Gasteiger charge is -2.45. The minimum atomic E-state index is -0.659. The molecule has 0 aromatic heterocycles. The van der Waals surface area contributed by atoms with E-state index in [4.69, 9.17) is 0 Å². The first-order valence-corrected chi connectivity index (χ1v) is 6.43. The molecule has 0 aromatic rings. The number of hydrogen-bond donors (Lipinski definition) is 1. The van der Waals surface area contributed by atoms with Crippen molar-refractivity contribution in [3.63, 3.8) is 0 Å². The van der Waals surface area contributed by atoms with Crippen LogP contribution in [0.4, 0.5) is 0 Å². The lowest BCUT2D eigenvalue weighted by atomic mass is 9.61. The van der Waals surface area contributed by atoms with E-state index in [1.54, 1.807) is 0 Å². The standard InChI is InChI=1S/C15H24O/c1-9(2)12-7-11-8-14(15(4,5)16)13(12)6-10(11)3/h6,8-9,11-13,16H,7H2,1-5H3/t11-,12?,13+/m1/s1. The summed E-state index contributed by atoms with van der Waals surface area (Å²) < 4.78 is 0. The first-order chi connectivity index (χ1) is 7.30. The van der Waals surface area contributed by atoms with Crippen LogP contribution in [0.15, 0.2) is 23.3 Å². The van der Waals surface area contributed by atoms with Crippen LogP contribution in [0.25, 0.3) is 0 Å². The van der Waals surface area contributed by atoms with Crippen LogP contribution in [0, 0.1) is 23.7 Å². The number of fused-ring (bicyclic) bond motifs is 1. The minimum absolute atomic E-state index is 0.463. The van der Waals surface area contributed by atoms with Gasteiger partial charge in [-0.3, -0.25) is 0 Å². The Bertz CT molecular complexity index is 341. The monoisotopic (exact) mass is 220 g/mol. The van der Waals surface area contributed by atoms with Gasteiger partial charge in [0.1, 0.15) is 0 Å². The summed E-state index contributed by atoms with van der Waals surface area (Å²) in [5, 5.41) is 10.3. The molecule has 1 unspecified atom stereocenters. The summed E-state index contributed by atoms with van der Waals surface area (Å²) in [6.07, 6.45) is 5.98. The van der Waals surface area contributed by atoms with Gasteiger partial charge in [-0.25, -0.2) is 0 Å². The van der Waals surface area contributed by atoms with Crippen LogP contribution in [0.2, 0.25) is 0 Å². The summed E-state index contributed by atoms with van der Waals surface area (Å²) in [6.45, 7) is 10.7. The van der Waals surface area contributed by atoms with Gasteiger partial charge in [0.25, 0.3) is 0 Å². The summed E-state index contributed by atoms with van der Waals surface area (Å²) in [7, 11) is 0. The molecule has 2 bridgehead atoms. The average molecular weight is 220 g/mol. The summed E-state index contributed by atoms with van der Waals surface area (Å²) in [5.74, 6) is 2.44. The van der Waals surface area contributed by atoms with Gasteiger partial charge in [-0.1, -0.05) is 31.6 Å². The van der Waals surface area contributed by atoms with E-state index >= 15 is 0 Å². The van der Waals surface area contributed by atoms with Crippen LogP contribution >= 0.6 is 0 Å². The Labute approximate surface area is 99.3 Å². The lowest BCUT2D eigenvalue weighted by molar-refractivity contribution is 0.0903. The van der Waals surface area contributed by atoms with Gasteiger partial charge in [0, 0.05) is 5.92 Å². The van der Waals surface area contributed by atoms with Crippen LogP contribution < -0.4 is 0 Å². The highest BCUT2D eigenvalue weighted by Crippen LogP contribution is 2.49. The van der Waals surface area contributed by atoms with Crippen molar-refractivity contribution < 1.29 is 5.11 Å². The molecule has 3 atom stereocenters. The van der Waals surface area contributed by atoms with Gasteiger partial charge >= 0.3 is 0 Å². The first kappa shape index (κ1) is 11.9. The van der Waals surface area contributed by atoms with E-state index in [2.05, 4.69) is 32.9 Å². The quantitative estimate of drug-likeness (QED) is 0.706. The van der Waals surface area contributed by atoms with Crippen LogP contribution in [-0.4, -0.2) is 10.7 Å². The average Bonchev–Trinajstić information content (AvgIpc) is 2.15. The molecule has 0 spiro atoms. The molecule has 0 heterocycles. The molecule has 90 valence electrons. The zero-order valence-corrected chi connectivity index (χ0v) is 11.1. The van der Waals surface area contributed by atoms with Crippen molar-refractivity contribution in [3.8, 4) is 0 Å². The second-order valence-corrected chi connectivity index (χ2v) is 6.37. The Kier molecular flexibility index (Phi) is 2.78. The predicted octanol–water partition coefficient (Wildman–Crippen LogP) is 3.55. The largest absolute Gasteiger partial charge is 0.386 e. The minimum Gasteiger partial charge on any atom is -0.386 e. The van der Waals surface area contributed by atoms with Gasteiger partial charge in [-0.2, -0.15) is 0 Å². The van der Waals surface area contributed by atoms with Crippen LogP contribution in [-0.2, 0) is 0 Å². The fourth-order valence-corrected chi connectivity index (χ4v) is 3.30. The van der Waals surface area contributed by atoms with Gasteiger partial charge in [-0.15, -0.1) is 0 Å². The molecule has 0 aliphatic heterocycles. The highest BCUT2D eigenvalue weighted by molar-refractivity contribution is 5.36. The van der Waals surface area contributed by atoms with E-state index in [1.165, 1.54) is 17.6 Å². The molecule has 3 aliphatic rings. The fraction of sp³-hybridized carbons (Fsp3) is 0.733. The highest BCUT2D eigenvalue weighted by atomic mass is 16.3. The van der Waals surface area contributed by atoms with Crippen molar-refractivity contribution in [1.29, 1.82) is 0 Å². The van der Waals surface area contributed by atoms with Crippen molar-refractivity contribution in [2.75, 3.05) is 0 Å². The molecule has 0 amide bonds. The SMILES string of the molecule is CC1=C[C@@H]2C(C(C)(C)O)=C[C@H]1CC2C(C)C. The van der Waals surface area contributed by atoms with Crippen LogP contribution in [0.3, 0.4) is 0 Å². The topological polar surface area (TPSA) is 20.2 Å². The third-order valence-corrected chi connectivity index (χ3v) is 4.32. The predicted molar refractivity (Wildman–Crippen MR) is 68.1 cm³/mol. The Morgan fingerprint density at radius 2 is 1.94 bits per heavy atom. The Morgan fingerprint density at radius 1 is 1.31 bits per heavy atom. The summed E-state index contributed by atoms with van der Waals surface area (Å²) >= 11 is 0. The second kappa shape index (κ2) is 3.73. The van der Waals surface area contributed by atoms with Crippen LogP contribution in [0.5, 0.6) is 0 Å².